The van der Waals surface area contributed by atoms with Crippen molar-refractivity contribution >= 4 is 11.4 Å². The number of nitrogen functional groups attached to an aromatic ring is 2. The Labute approximate surface area is 102 Å². The van der Waals surface area contributed by atoms with E-state index in [1.54, 1.807) is 19.2 Å². The molecular weight excluding hydrogens is 216 g/mol. The lowest BCUT2D eigenvalue weighted by Gasteiger charge is -2.28. The molecule has 4 heteroatoms. The Kier molecular flexibility index (Phi) is 3.74. The molecule has 1 fully saturated rings. The van der Waals surface area contributed by atoms with Gasteiger partial charge in [0.2, 0.25) is 0 Å². The Morgan fingerprint density at radius 1 is 1.12 bits per heavy atom. The first kappa shape index (κ1) is 12.0. The summed E-state index contributed by atoms with van der Waals surface area (Å²) in [6.45, 7) is 0. The van der Waals surface area contributed by atoms with Crippen molar-refractivity contribution in [3.05, 3.63) is 18.2 Å². The Balaban J connectivity index is 1.97. The molecule has 2 unspecified atom stereocenters. The van der Waals surface area contributed by atoms with Crippen molar-refractivity contribution in [2.75, 3.05) is 18.6 Å². The Morgan fingerprint density at radius 2 is 1.88 bits per heavy atom. The van der Waals surface area contributed by atoms with E-state index in [0.29, 0.717) is 17.5 Å². The van der Waals surface area contributed by atoms with Gasteiger partial charge in [-0.05, 0) is 31.4 Å². The van der Waals surface area contributed by atoms with E-state index >= 15 is 0 Å². The molecule has 0 radical (unpaired) electrons. The number of hydrogen-bond donors (Lipinski definition) is 2. The van der Waals surface area contributed by atoms with Gasteiger partial charge in [0.05, 0.1) is 17.5 Å². The van der Waals surface area contributed by atoms with Crippen molar-refractivity contribution in [1.29, 1.82) is 0 Å². The minimum Gasteiger partial charge on any atom is -0.490 e. The molecule has 94 valence electrons. The highest BCUT2D eigenvalue weighted by atomic mass is 16.5. The molecule has 17 heavy (non-hydrogen) atoms. The fraction of sp³-hybridized carbons (Fsp3) is 0.538. The summed E-state index contributed by atoms with van der Waals surface area (Å²) in [5.41, 5.74) is 12.6. The highest BCUT2D eigenvalue weighted by molar-refractivity contribution is 5.65. The zero-order valence-corrected chi connectivity index (χ0v) is 10.2. The molecule has 0 amide bonds. The van der Waals surface area contributed by atoms with Crippen molar-refractivity contribution in [3.8, 4) is 5.75 Å². The molecule has 2 atom stereocenters. The van der Waals surface area contributed by atoms with Crippen LogP contribution in [0.5, 0.6) is 5.75 Å². The van der Waals surface area contributed by atoms with E-state index in [4.69, 9.17) is 20.9 Å². The van der Waals surface area contributed by atoms with Gasteiger partial charge in [0.1, 0.15) is 11.9 Å². The van der Waals surface area contributed by atoms with Gasteiger partial charge in [-0.3, -0.25) is 0 Å². The average molecular weight is 236 g/mol. The van der Waals surface area contributed by atoms with Gasteiger partial charge in [-0.15, -0.1) is 0 Å². The molecule has 1 aliphatic carbocycles. The number of hydrogen-bond acceptors (Lipinski definition) is 4. The maximum atomic E-state index is 5.91. The summed E-state index contributed by atoms with van der Waals surface area (Å²) < 4.78 is 11.3. The molecule has 1 saturated carbocycles. The largest absolute Gasteiger partial charge is 0.490 e. The topological polar surface area (TPSA) is 70.5 Å². The van der Waals surface area contributed by atoms with Gasteiger partial charge < -0.3 is 20.9 Å². The minimum atomic E-state index is 0.219. The van der Waals surface area contributed by atoms with Gasteiger partial charge >= 0.3 is 0 Å². The van der Waals surface area contributed by atoms with E-state index in [2.05, 4.69) is 0 Å². The van der Waals surface area contributed by atoms with Crippen LogP contribution in [0.1, 0.15) is 25.7 Å². The molecule has 1 aromatic rings. The second-order valence-corrected chi connectivity index (χ2v) is 4.55. The fourth-order valence-corrected chi connectivity index (χ4v) is 2.24. The quantitative estimate of drug-likeness (QED) is 0.789. The summed E-state index contributed by atoms with van der Waals surface area (Å²) in [5.74, 6) is 0.790. The molecule has 1 aromatic carbocycles. The van der Waals surface area contributed by atoms with Crippen LogP contribution in [0.15, 0.2) is 18.2 Å². The third kappa shape index (κ3) is 3.03. The number of rotatable bonds is 3. The first-order valence-corrected chi connectivity index (χ1v) is 6.03. The summed E-state index contributed by atoms with van der Waals surface area (Å²) in [6.07, 6.45) is 4.83. The lowest BCUT2D eigenvalue weighted by atomic mass is 9.95. The maximum absolute atomic E-state index is 5.91. The van der Waals surface area contributed by atoms with Crippen LogP contribution in [0, 0.1) is 0 Å². The Morgan fingerprint density at radius 3 is 2.59 bits per heavy atom. The van der Waals surface area contributed by atoms with Gasteiger partial charge in [-0.25, -0.2) is 0 Å². The predicted octanol–water partition coefficient (Wildman–Crippen LogP) is 2.19. The molecular formula is C13H20N2O2. The second-order valence-electron chi connectivity index (χ2n) is 4.55. The number of benzene rings is 1. The molecule has 4 nitrogen and oxygen atoms in total. The van der Waals surface area contributed by atoms with E-state index < -0.39 is 0 Å². The van der Waals surface area contributed by atoms with Gasteiger partial charge in [-0.2, -0.15) is 0 Å². The zero-order chi connectivity index (χ0) is 12.3. The fourth-order valence-electron chi connectivity index (χ4n) is 2.24. The molecule has 0 aliphatic heterocycles. The van der Waals surface area contributed by atoms with Crippen LogP contribution >= 0.6 is 0 Å². The molecule has 0 saturated heterocycles. The highest BCUT2D eigenvalue weighted by Gasteiger charge is 2.23. The maximum Gasteiger partial charge on any atom is 0.121 e. The van der Waals surface area contributed by atoms with Crippen molar-refractivity contribution in [2.24, 2.45) is 0 Å². The minimum absolute atomic E-state index is 0.219. The van der Waals surface area contributed by atoms with Crippen molar-refractivity contribution in [1.82, 2.24) is 0 Å². The number of nitrogens with two attached hydrogens (primary N) is 2. The molecule has 4 N–H and O–H groups in total. The highest BCUT2D eigenvalue weighted by Crippen LogP contribution is 2.27. The van der Waals surface area contributed by atoms with Crippen LogP contribution < -0.4 is 16.2 Å². The van der Waals surface area contributed by atoms with Crippen LogP contribution in [-0.4, -0.2) is 19.3 Å². The number of methoxy groups -OCH3 is 1. The molecule has 0 heterocycles. The smallest absolute Gasteiger partial charge is 0.121 e. The standard InChI is InChI=1S/C13H20N2O2/c1-16-9-3-2-4-10(7-9)17-11-5-6-12(14)13(15)8-11/h5-6,8-10H,2-4,7,14-15H2,1H3. The molecule has 2 rings (SSSR count). The van der Waals surface area contributed by atoms with Crippen LogP contribution in [0.3, 0.4) is 0 Å². The van der Waals surface area contributed by atoms with Gasteiger partial charge in [0.25, 0.3) is 0 Å². The average Bonchev–Trinajstić information content (AvgIpc) is 2.34. The lowest BCUT2D eigenvalue weighted by molar-refractivity contribution is 0.0210. The monoisotopic (exact) mass is 236 g/mol. The Bertz CT molecular complexity index is 382. The van der Waals surface area contributed by atoms with Crippen LogP contribution in [0.2, 0.25) is 0 Å². The second kappa shape index (κ2) is 5.27. The summed E-state index contributed by atoms with van der Waals surface area (Å²) in [7, 11) is 1.76. The zero-order valence-electron chi connectivity index (χ0n) is 10.2. The van der Waals surface area contributed by atoms with Gasteiger partial charge in [0.15, 0.2) is 0 Å². The Hall–Kier alpha value is -1.42. The van der Waals surface area contributed by atoms with Crippen molar-refractivity contribution in [2.45, 2.75) is 37.9 Å². The summed E-state index contributed by atoms with van der Waals surface area (Å²) >= 11 is 0. The van der Waals surface area contributed by atoms with E-state index in [1.807, 2.05) is 6.07 Å². The predicted molar refractivity (Wildman–Crippen MR) is 68.9 cm³/mol. The third-order valence-electron chi connectivity index (χ3n) is 3.27. The summed E-state index contributed by atoms with van der Waals surface area (Å²) in [4.78, 5) is 0. The molecule has 0 aromatic heterocycles. The lowest BCUT2D eigenvalue weighted by Crippen LogP contribution is -2.29. The summed E-state index contributed by atoms with van der Waals surface area (Å²) in [6, 6.07) is 5.43. The van der Waals surface area contributed by atoms with E-state index in [-0.39, 0.29) is 6.10 Å². The van der Waals surface area contributed by atoms with Crippen molar-refractivity contribution in [3.63, 3.8) is 0 Å². The van der Waals surface area contributed by atoms with E-state index in [9.17, 15) is 0 Å². The number of ether oxygens (including phenoxy) is 2. The van der Waals surface area contributed by atoms with E-state index in [0.717, 1.165) is 31.4 Å². The van der Waals surface area contributed by atoms with Gasteiger partial charge in [-0.1, -0.05) is 0 Å². The normalized spacial score (nSPS) is 24.5. The van der Waals surface area contributed by atoms with Crippen LogP contribution in [0.25, 0.3) is 0 Å². The van der Waals surface area contributed by atoms with Crippen molar-refractivity contribution < 1.29 is 9.47 Å². The molecule has 0 spiro atoms. The summed E-state index contributed by atoms with van der Waals surface area (Å²) in [5, 5.41) is 0. The first-order chi connectivity index (χ1) is 8.19. The van der Waals surface area contributed by atoms with E-state index in [1.165, 1.54) is 0 Å². The van der Waals surface area contributed by atoms with Crippen LogP contribution in [0.4, 0.5) is 11.4 Å². The van der Waals surface area contributed by atoms with Crippen LogP contribution in [-0.2, 0) is 4.74 Å². The molecule has 1 aliphatic rings. The molecule has 0 bridgehead atoms. The number of anilines is 2. The van der Waals surface area contributed by atoms with Gasteiger partial charge in [0, 0.05) is 19.6 Å². The first-order valence-electron chi connectivity index (χ1n) is 6.03. The third-order valence-corrected chi connectivity index (χ3v) is 3.27. The SMILES string of the molecule is COC1CCCC(Oc2ccc(N)c(N)c2)C1.